The lowest BCUT2D eigenvalue weighted by atomic mass is 9.66. The van der Waals surface area contributed by atoms with E-state index in [0.717, 1.165) is 0 Å². The maximum atomic E-state index is 14.0. The molecule has 0 aliphatic carbocycles. The fourth-order valence-electron chi connectivity index (χ4n) is 2.27. The van der Waals surface area contributed by atoms with Crippen molar-refractivity contribution in [2.45, 2.75) is 41.6 Å². The van der Waals surface area contributed by atoms with Crippen molar-refractivity contribution in [1.29, 1.82) is 0 Å². The minimum absolute atomic E-state index is 8.62. The molecule has 0 aromatic carbocycles. The van der Waals surface area contributed by atoms with E-state index in [0.29, 0.717) is 0 Å². The van der Waals surface area contributed by atoms with Crippen molar-refractivity contribution in [3.63, 3.8) is 0 Å². The Morgan fingerprint density at radius 1 is 0.448 bits per heavy atom. The summed E-state index contributed by atoms with van der Waals surface area (Å²) in [5.74, 6) is 0. The third-order valence-electron chi connectivity index (χ3n) is 3.34. The topological polar surface area (TPSA) is 57.2 Å². The van der Waals surface area contributed by atoms with Crippen LogP contribution in [0.3, 0.4) is 0 Å². The smallest absolute Gasteiger partial charge is 0.437 e. The molecule has 29 heavy (non-hydrogen) atoms. The van der Waals surface area contributed by atoms with Gasteiger partial charge in [-0.3, -0.25) is 0 Å². The van der Waals surface area contributed by atoms with Gasteiger partial charge in [0, 0.05) is 0 Å². The Morgan fingerprint density at radius 3 is 0.793 bits per heavy atom. The summed E-state index contributed by atoms with van der Waals surface area (Å²) in [5, 5.41) is -9.09. The van der Waals surface area contributed by atoms with E-state index in [1.54, 1.807) is 0 Å². The van der Waals surface area contributed by atoms with Crippen LogP contribution in [-0.2, 0) is 10.1 Å². The molecule has 0 fully saturated rings. The highest BCUT2D eigenvalue weighted by Crippen LogP contribution is 2.74. The van der Waals surface area contributed by atoms with E-state index >= 15 is 0 Å². The van der Waals surface area contributed by atoms with Gasteiger partial charge in [-0.05, 0) is 0 Å². The van der Waals surface area contributed by atoms with Crippen molar-refractivity contribution in [1.82, 2.24) is 0 Å². The highest BCUT2D eigenvalue weighted by molar-refractivity contribution is 7.87. The zero-order valence-corrected chi connectivity index (χ0v) is 12.9. The molecule has 3 nitrogen and oxygen atoms in total. The molecule has 0 N–H and O–H groups in total. The lowest BCUT2D eigenvalue weighted by Gasteiger charge is -2.53. The van der Waals surface area contributed by atoms with Crippen LogP contribution in [0.2, 0.25) is 0 Å². The van der Waals surface area contributed by atoms with E-state index in [4.69, 9.17) is 0 Å². The van der Waals surface area contributed by atoms with Crippen molar-refractivity contribution < 1.29 is 87.6 Å². The molecule has 0 aliphatic heterocycles. The maximum absolute atomic E-state index is 14.0. The van der Waals surface area contributed by atoms with Gasteiger partial charge in [0.25, 0.3) is 5.41 Å². The average Bonchev–Trinajstić information content (AvgIpc) is 2.29. The van der Waals surface area contributed by atoms with Gasteiger partial charge in [-0.1, -0.05) is 0 Å². The highest BCUT2D eigenvalue weighted by atomic mass is 32.2. The summed E-state index contributed by atoms with van der Waals surface area (Å²) in [7, 11) is -9.17. The van der Waals surface area contributed by atoms with Crippen LogP contribution in [0.1, 0.15) is 0 Å². The lowest BCUT2D eigenvalue weighted by Crippen LogP contribution is -2.83. The van der Waals surface area contributed by atoms with E-state index in [1.807, 2.05) is 0 Å². The molecule has 0 heterocycles. The molecule has 0 rings (SSSR count). The van der Waals surface area contributed by atoms with Gasteiger partial charge in [0.15, 0.2) is 0 Å². The van der Waals surface area contributed by atoms with Gasteiger partial charge in [0.1, 0.15) is 10.1 Å². The van der Waals surface area contributed by atoms with Crippen molar-refractivity contribution in [2.24, 2.45) is 5.41 Å². The Hall–Kier alpha value is -1.28. The molecule has 0 aromatic heterocycles. The molecule has 21 heteroatoms. The van der Waals surface area contributed by atoms with E-state index in [1.165, 1.54) is 0 Å². The second-order valence-corrected chi connectivity index (χ2v) is 6.42. The first-order valence-corrected chi connectivity index (χ1v) is 7.08. The Kier molecular flexibility index (Phi) is 6.08. The molecule has 0 aliphatic rings. The third-order valence-corrected chi connectivity index (χ3v) is 4.57. The van der Waals surface area contributed by atoms with Crippen LogP contribution in [0.25, 0.3) is 0 Å². The second kappa shape index (κ2) is 6.36. The molecule has 0 bridgehead atoms. The SMILES string of the molecule is O=S(=O)([O-])C(F)(C(F)(F)F)C(C(F)(F)F)(C(F)(F)F)C(F)(C(F)(F)F)C(F)(F)F. The molecule has 0 aromatic rings. The number of alkyl halides is 17. The largest absolute Gasteiger partial charge is 0.745 e. The van der Waals surface area contributed by atoms with Gasteiger partial charge in [-0.25, -0.2) is 17.2 Å². The quantitative estimate of drug-likeness (QED) is 0.418. The molecule has 0 radical (unpaired) electrons. The molecular weight excluding hydrogens is 499 g/mol. The van der Waals surface area contributed by atoms with Crippen molar-refractivity contribution in [2.75, 3.05) is 0 Å². The monoisotopic (exact) mass is 499 g/mol. The summed E-state index contributed by atoms with van der Waals surface area (Å²) in [6.45, 7) is 0. The standard InChI is InChI=1S/C8HF17O3S/c9-2(6(17,18)19,7(20,21)22)1(4(11,12)13,5(14,15)16)3(10,8(23,24)25)29(26,27)28/h(H,26,27,28)/p-1. The Morgan fingerprint density at radius 2 is 0.690 bits per heavy atom. The van der Waals surface area contributed by atoms with Gasteiger partial charge in [0.2, 0.25) is 0 Å². The number of halogens is 17. The summed E-state index contributed by atoms with van der Waals surface area (Å²) in [5.41, 5.74) is -19.0. The molecule has 0 amide bonds. The van der Waals surface area contributed by atoms with Gasteiger partial charge in [-0.2, -0.15) is 65.9 Å². The zero-order valence-electron chi connectivity index (χ0n) is 12.1. The highest BCUT2D eigenvalue weighted by Gasteiger charge is 3.04. The number of rotatable bonds is 3. The summed E-state index contributed by atoms with van der Waals surface area (Å²) >= 11 is 0. The fraction of sp³-hybridized carbons (Fsp3) is 1.00. The number of hydrogen-bond donors (Lipinski definition) is 0. The van der Waals surface area contributed by atoms with Crippen molar-refractivity contribution in [3.05, 3.63) is 0 Å². The first kappa shape index (κ1) is 27.7. The van der Waals surface area contributed by atoms with Gasteiger partial charge in [-0.15, -0.1) is 0 Å². The molecule has 0 saturated carbocycles. The van der Waals surface area contributed by atoms with Gasteiger partial charge < -0.3 is 4.55 Å². The van der Waals surface area contributed by atoms with E-state index < -0.39 is 57.1 Å². The summed E-state index contributed by atoms with van der Waals surface area (Å²) in [6.07, 6.45) is -44.2. The van der Waals surface area contributed by atoms with Crippen LogP contribution in [-0.4, -0.2) is 54.5 Å². The van der Waals surface area contributed by atoms with Gasteiger partial charge >= 0.3 is 41.6 Å². The fourth-order valence-corrected chi connectivity index (χ4v) is 3.30. The van der Waals surface area contributed by atoms with Crippen LogP contribution in [0.15, 0.2) is 0 Å². The van der Waals surface area contributed by atoms with Crippen molar-refractivity contribution >= 4 is 10.1 Å². The molecule has 1 unspecified atom stereocenters. The maximum Gasteiger partial charge on any atom is 0.437 e. The number of hydrogen-bond acceptors (Lipinski definition) is 3. The first-order valence-electron chi connectivity index (χ1n) is 5.67. The molecule has 0 saturated heterocycles. The second-order valence-electron chi connectivity index (χ2n) is 4.95. The van der Waals surface area contributed by atoms with Crippen LogP contribution in [0.4, 0.5) is 74.6 Å². The van der Waals surface area contributed by atoms with E-state index in [-0.39, 0.29) is 0 Å². The third kappa shape index (κ3) is 3.26. The van der Waals surface area contributed by atoms with E-state index in [2.05, 4.69) is 0 Å². The zero-order chi connectivity index (χ0) is 24.5. The van der Waals surface area contributed by atoms with Crippen LogP contribution in [0.5, 0.6) is 0 Å². The van der Waals surface area contributed by atoms with Crippen LogP contribution < -0.4 is 0 Å². The summed E-state index contributed by atoms with van der Waals surface area (Å²) in [4.78, 5) is 0. The average molecular weight is 499 g/mol. The lowest BCUT2D eigenvalue weighted by molar-refractivity contribution is -0.497. The minimum atomic E-state index is -9.59. The predicted octanol–water partition coefficient (Wildman–Crippen LogP) is 4.70. The minimum Gasteiger partial charge on any atom is -0.745 e. The normalized spacial score (nSPS) is 18.6. The first-order chi connectivity index (χ1) is 12.0. The Labute approximate surface area is 146 Å². The summed E-state index contributed by atoms with van der Waals surface area (Å²) < 4.78 is 249. The van der Waals surface area contributed by atoms with Crippen LogP contribution in [0, 0.1) is 5.41 Å². The van der Waals surface area contributed by atoms with E-state index in [9.17, 15) is 87.6 Å². The van der Waals surface area contributed by atoms with Gasteiger partial charge in [0.05, 0.1) is 0 Å². The molecular formula is C8F17O3S-. The van der Waals surface area contributed by atoms with Crippen LogP contribution >= 0.6 is 0 Å². The Bertz CT molecular complexity index is 690. The molecule has 176 valence electrons. The molecule has 0 spiro atoms. The Balaban J connectivity index is 8.59. The predicted molar refractivity (Wildman–Crippen MR) is 50.1 cm³/mol. The molecule has 1 atom stereocenters. The van der Waals surface area contributed by atoms with Crippen molar-refractivity contribution in [3.8, 4) is 0 Å². The summed E-state index contributed by atoms with van der Waals surface area (Å²) in [6, 6.07) is 0.